The molecule has 1 N–H and O–H groups in total. The highest BCUT2D eigenvalue weighted by atomic mass is 16.5. The topological polar surface area (TPSA) is 94.4 Å². The molecule has 0 saturated carbocycles. The number of nitrogens with zero attached hydrogens (tertiary/aromatic N) is 5. The minimum atomic E-state index is -0.263. The van der Waals surface area contributed by atoms with Gasteiger partial charge in [-0.3, -0.25) is 4.79 Å². The minimum absolute atomic E-state index is 0.152. The van der Waals surface area contributed by atoms with E-state index in [1.807, 2.05) is 49.3 Å². The molecular weight excluding hydrogens is 384 g/mol. The number of ether oxygens (including phenoxy) is 2. The summed E-state index contributed by atoms with van der Waals surface area (Å²) >= 11 is 0. The molecule has 1 fully saturated rings. The molecular formula is C21H24N6O3. The zero-order valence-electron chi connectivity index (χ0n) is 17.1. The molecule has 0 aliphatic carbocycles. The molecule has 0 radical (unpaired) electrons. The van der Waals surface area contributed by atoms with E-state index in [1.165, 1.54) is 17.1 Å². The van der Waals surface area contributed by atoms with Crippen molar-refractivity contribution in [3.8, 4) is 17.0 Å². The van der Waals surface area contributed by atoms with Crippen molar-refractivity contribution in [2.45, 2.75) is 12.1 Å². The van der Waals surface area contributed by atoms with Crippen molar-refractivity contribution >= 4 is 11.6 Å². The molecule has 3 heterocycles. The van der Waals surface area contributed by atoms with Gasteiger partial charge >= 0.3 is 0 Å². The van der Waals surface area contributed by atoms with E-state index in [2.05, 4.69) is 20.4 Å². The van der Waals surface area contributed by atoms with E-state index in [9.17, 15) is 4.79 Å². The van der Waals surface area contributed by atoms with Gasteiger partial charge in [0.2, 0.25) is 0 Å². The van der Waals surface area contributed by atoms with Crippen LogP contribution < -0.4 is 20.5 Å². The first-order valence-corrected chi connectivity index (χ1v) is 9.63. The lowest BCUT2D eigenvalue weighted by Gasteiger charge is -2.21. The predicted octanol–water partition coefficient (Wildman–Crippen LogP) is 1.83. The van der Waals surface area contributed by atoms with Crippen molar-refractivity contribution in [2.24, 2.45) is 0 Å². The van der Waals surface area contributed by atoms with Crippen LogP contribution in [0.2, 0.25) is 0 Å². The second-order valence-corrected chi connectivity index (χ2v) is 7.24. The zero-order chi connectivity index (χ0) is 21.1. The molecule has 2 unspecified atom stereocenters. The van der Waals surface area contributed by atoms with Crippen LogP contribution in [0.4, 0.5) is 11.6 Å². The maximum Gasteiger partial charge on any atom is 0.267 e. The summed E-state index contributed by atoms with van der Waals surface area (Å²) in [5.41, 5.74) is 1.38. The average molecular weight is 408 g/mol. The van der Waals surface area contributed by atoms with Gasteiger partial charge in [0.1, 0.15) is 29.8 Å². The van der Waals surface area contributed by atoms with E-state index in [-0.39, 0.29) is 17.6 Å². The Labute approximate surface area is 174 Å². The molecule has 1 aliphatic rings. The van der Waals surface area contributed by atoms with Crippen LogP contribution in [0.1, 0.15) is 6.04 Å². The third kappa shape index (κ3) is 4.11. The number of benzene rings is 1. The quantitative estimate of drug-likeness (QED) is 0.660. The van der Waals surface area contributed by atoms with Gasteiger partial charge < -0.3 is 19.7 Å². The van der Waals surface area contributed by atoms with Gasteiger partial charge in [-0.1, -0.05) is 12.1 Å². The Morgan fingerprint density at radius 1 is 1.17 bits per heavy atom. The molecule has 2 aromatic heterocycles. The second-order valence-electron chi connectivity index (χ2n) is 7.24. The molecule has 2 atom stereocenters. The van der Waals surface area contributed by atoms with Gasteiger partial charge in [-0.05, 0) is 18.2 Å². The summed E-state index contributed by atoms with van der Waals surface area (Å²) in [6.07, 6.45) is 1.51. The highest BCUT2D eigenvalue weighted by Gasteiger charge is 2.32. The Bertz CT molecular complexity index is 1080. The van der Waals surface area contributed by atoms with Crippen LogP contribution in [0.15, 0.2) is 53.6 Å². The Kier molecular flexibility index (Phi) is 5.62. The molecule has 30 heavy (non-hydrogen) atoms. The van der Waals surface area contributed by atoms with Gasteiger partial charge in [0.15, 0.2) is 0 Å². The molecule has 1 saturated heterocycles. The number of hydrogen-bond donors (Lipinski definition) is 1. The van der Waals surface area contributed by atoms with Crippen molar-refractivity contribution in [1.82, 2.24) is 19.7 Å². The summed E-state index contributed by atoms with van der Waals surface area (Å²) in [4.78, 5) is 23.0. The summed E-state index contributed by atoms with van der Waals surface area (Å²) in [7, 11) is 5.46. The number of nitrogens with one attached hydrogen (secondary N) is 1. The first-order chi connectivity index (χ1) is 14.5. The fourth-order valence-electron chi connectivity index (χ4n) is 3.38. The van der Waals surface area contributed by atoms with E-state index in [1.54, 1.807) is 13.2 Å². The van der Waals surface area contributed by atoms with Gasteiger partial charge in [-0.25, -0.2) is 14.6 Å². The van der Waals surface area contributed by atoms with Crippen molar-refractivity contribution in [2.75, 3.05) is 44.6 Å². The maximum atomic E-state index is 12.6. The molecule has 3 aromatic rings. The van der Waals surface area contributed by atoms with Crippen molar-refractivity contribution in [3.63, 3.8) is 0 Å². The highest BCUT2D eigenvalue weighted by molar-refractivity contribution is 5.60. The second kappa shape index (κ2) is 8.50. The van der Waals surface area contributed by atoms with Gasteiger partial charge in [-0.15, -0.1) is 0 Å². The molecule has 9 heteroatoms. The number of methoxy groups -OCH3 is 1. The molecule has 4 rings (SSSR count). The van der Waals surface area contributed by atoms with Crippen molar-refractivity contribution < 1.29 is 9.47 Å². The average Bonchev–Trinajstić information content (AvgIpc) is 3.22. The van der Waals surface area contributed by atoms with Crippen LogP contribution in [0.25, 0.3) is 11.3 Å². The van der Waals surface area contributed by atoms with Crippen LogP contribution in [0.3, 0.4) is 0 Å². The molecule has 0 amide bonds. The largest absolute Gasteiger partial charge is 0.497 e. The van der Waals surface area contributed by atoms with E-state index in [4.69, 9.17) is 9.47 Å². The number of hydrogen-bond acceptors (Lipinski definition) is 8. The SMILES string of the molecule is COc1cccc(-c2ccc(=O)n(C3COCC3Nc3cc(N(C)C)ncn3)n2)c1. The Balaban J connectivity index is 1.62. The van der Waals surface area contributed by atoms with Crippen LogP contribution >= 0.6 is 0 Å². The van der Waals surface area contributed by atoms with Crippen LogP contribution in [0, 0.1) is 0 Å². The predicted molar refractivity (Wildman–Crippen MR) is 114 cm³/mol. The zero-order valence-corrected chi connectivity index (χ0v) is 17.1. The smallest absolute Gasteiger partial charge is 0.267 e. The summed E-state index contributed by atoms with van der Waals surface area (Å²) in [6, 6.07) is 12.3. The van der Waals surface area contributed by atoms with Crippen molar-refractivity contribution in [1.29, 1.82) is 0 Å². The molecule has 0 spiro atoms. The standard InChI is InChI=1S/C21H24N6O3/c1-26(2)20-10-19(22-13-23-20)24-17-11-30-12-18(17)27-21(28)8-7-16(25-27)14-5-4-6-15(9-14)29-3/h4-10,13,17-18H,11-12H2,1-3H3,(H,22,23,24). The van der Waals surface area contributed by atoms with E-state index >= 15 is 0 Å². The lowest BCUT2D eigenvalue weighted by Crippen LogP contribution is -2.37. The summed E-state index contributed by atoms with van der Waals surface area (Å²) in [5.74, 6) is 2.20. The molecule has 0 bridgehead atoms. The lowest BCUT2D eigenvalue weighted by molar-refractivity contribution is 0.183. The van der Waals surface area contributed by atoms with E-state index in [0.717, 1.165) is 17.1 Å². The third-order valence-electron chi connectivity index (χ3n) is 5.00. The Morgan fingerprint density at radius 3 is 2.83 bits per heavy atom. The third-order valence-corrected chi connectivity index (χ3v) is 5.00. The molecule has 1 aromatic carbocycles. The van der Waals surface area contributed by atoms with E-state index < -0.39 is 0 Å². The number of rotatable bonds is 6. The highest BCUT2D eigenvalue weighted by Crippen LogP contribution is 2.25. The fourth-order valence-corrected chi connectivity index (χ4v) is 3.38. The van der Waals surface area contributed by atoms with Crippen LogP contribution in [0.5, 0.6) is 5.75 Å². The molecule has 1 aliphatic heterocycles. The van der Waals surface area contributed by atoms with Crippen LogP contribution in [-0.2, 0) is 4.74 Å². The number of aromatic nitrogens is 4. The Morgan fingerprint density at radius 2 is 2.03 bits per heavy atom. The maximum absolute atomic E-state index is 12.6. The first-order valence-electron chi connectivity index (χ1n) is 9.63. The summed E-state index contributed by atoms with van der Waals surface area (Å²) in [5, 5.41) is 7.99. The van der Waals surface area contributed by atoms with Crippen LogP contribution in [-0.4, -0.2) is 60.2 Å². The van der Waals surface area contributed by atoms with Crippen molar-refractivity contribution in [3.05, 3.63) is 59.1 Å². The Hall–Kier alpha value is -3.46. The van der Waals surface area contributed by atoms with Gasteiger partial charge in [0.25, 0.3) is 5.56 Å². The molecule has 9 nitrogen and oxygen atoms in total. The normalized spacial score (nSPS) is 18.2. The monoisotopic (exact) mass is 408 g/mol. The lowest BCUT2D eigenvalue weighted by atomic mass is 10.1. The van der Waals surface area contributed by atoms with Gasteiger partial charge in [0.05, 0.1) is 32.1 Å². The molecule has 156 valence electrons. The summed E-state index contributed by atoms with van der Waals surface area (Å²) < 4.78 is 12.5. The summed E-state index contributed by atoms with van der Waals surface area (Å²) in [6.45, 7) is 0.835. The number of anilines is 2. The fraction of sp³-hybridized carbons (Fsp3) is 0.333. The van der Waals surface area contributed by atoms with E-state index in [0.29, 0.717) is 24.7 Å². The minimum Gasteiger partial charge on any atom is -0.497 e. The van der Waals surface area contributed by atoms with Gasteiger partial charge in [0, 0.05) is 31.8 Å². The van der Waals surface area contributed by atoms with Gasteiger partial charge in [-0.2, -0.15) is 5.10 Å². The first kappa shape index (κ1) is 19.8.